The van der Waals surface area contributed by atoms with E-state index in [1.54, 1.807) is 12.1 Å². The standard InChI is InChI=1S/C11H12FNO2/c1-15-9-4-2-3-8(12)11(9)7-5-10(14)13-6-7/h2-4,7H,5-6H2,1H3,(H,13,14). The molecule has 2 rings (SSSR count). The first kappa shape index (κ1) is 9.96. The Hall–Kier alpha value is -1.58. The molecule has 0 radical (unpaired) electrons. The van der Waals surface area contributed by atoms with Crippen LogP contribution in [0.15, 0.2) is 18.2 Å². The second-order valence-electron chi connectivity index (χ2n) is 3.56. The molecule has 1 N–H and O–H groups in total. The van der Waals surface area contributed by atoms with Crippen LogP contribution in [0.4, 0.5) is 4.39 Å². The lowest BCUT2D eigenvalue weighted by molar-refractivity contribution is -0.119. The van der Waals surface area contributed by atoms with Crippen LogP contribution in [0.2, 0.25) is 0 Å². The van der Waals surface area contributed by atoms with Gasteiger partial charge in [0.1, 0.15) is 11.6 Å². The Balaban J connectivity index is 2.37. The van der Waals surface area contributed by atoms with Gasteiger partial charge in [0.05, 0.1) is 7.11 Å². The van der Waals surface area contributed by atoms with Gasteiger partial charge in [-0.15, -0.1) is 0 Å². The molecular formula is C11H12FNO2. The van der Waals surface area contributed by atoms with Crippen molar-refractivity contribution in [2.45, 2.75) is 12.3 Å². The predicted molar refractivity (Wildman–Crippen MR) is 53.3 cm³/mol. The molecule has 1 fully saturated rings. The number of methoxy groups -OCH3 is 1. The van der Waals surface area contributed by atoms with Crippen LogP contribution < -0.4 is 10.1 Å². The van der Waals surface area contributed by atoms with Gasteiger partial charge in [-0.25, -0.2) is 4.39 Å². The Bertz CT molecular complexity index is 392. The monoisotopic (exact) mass is 209 g/mol. The van der Waals surface area contributed by atoms with E-state index in [9.17, 15) is 9.18 Å². The average Bonchev–Trinajstić information content (AvgIpc) is 2.64. The van der Waals surface area contributed by atoms with E-state index in [1.165, 1.54) is 13.2 Å². The highest BCUT2D eigenvalue weighted by Crippen LogP contribution is 2.32. The van der Waals surface area contributed by atoms with E-state index < -0.39 is 0 Å². The summed E-state index contributed by atoms with van der Waals surface area (Å²) in [6.45, 7) is 0.482. The van der Waals surface area contributed by atoms with Crippen LogP contribution in [-0.4, -0.2) is 19.6 Å². The van der Waals surface area contributed by atoms with Crippen molar-refractivity contribution in [3.63, 3.8) is 0 Å². The quantitative estimate of drug-likeness (QED) is 0.800. The van der Waals surface area contributed by atoms with Gasteiger partial charge in [0.25, 0.3) is 0 Å². The number of hydrogen-bond acceptors (Lipinski definition) is 2. The molecule has 0 spiro atoms. The van der Waals surface area contributed by atoms with Crippen LogP contribution >= 0.6 is 0 Å². The minimum Gasteiger partial charge on any atom is -0.496 e. The molecule has 1 unspecified atom stereocenters. The maximum absolute atomic E-state index is 13.6. The summed E-state index contributed by atoms with van der Waals surface area (Å²) in [5.74, 6) is 0.0475. The fraction of sp³-hybridized carbons (Fsp3) is 0.364. The smallest absolute Gasteiger partial charge is 0.220 e. The van der Waals surface area contributed by atoms with Gasteiger partial charge in [-0.2, -0.15) is 0 Å². The molecule has 15 heavy (non-hydrogen) atoms. The third-order valence-electron chi connectivity index (χ3n) is 2.62. The summed E-state index contributed by atoms with van der Waals surface area (Å²) in [5, 5.41) is 2.69. The Morgan fingerprint density at radius 1 is 1.53 bits per heavy atom. The lowest BCUT2D eigenvalue weighted by Gasteiger charge is -2.13. The summed E-state index contributed by atoms with van der Waals surface area (Å²) in [4.78, 5) is 11.1. The van der Waals surface area contributed by atoms with Crippen molar-refractivity contribution in [1.29, 1.82) is 0 Å². The van der Waals surface area contributed by atoms with Crippen LogP contribution in [0.3, 0.4) is 0 Å². The normalized spacial score (nSPS) is 20.1. The Morgan fingerprint density at radius 3 is 2.93 bits per heavy atom. The Labute approximate surface area is 87.2 Å². The predicted octanol–water partition coefficient (Wildman–Crippen LogP) is 1.44. The van der Waals surface area contributed by atoms with Gasteiger partial charge in [0, 0.05) is 24.4 Å². The van der Waals surface area contributed by atoms with E-state index >= 15 is 0 Å². The summed E-state index contributed by atoms with van der Waals surface area (Å²) in [5.41, 5.74) is 0.498. The summed E-state index contributed by atoms with van der Waals surface area (Å²) < 4.78 is 18.7. The largest absolute Gasteiger partial charge is 0.496 e. The van der Waals surface area contributed by atoms with Crippen molar-refractivity contribution < 1.29 is 13.9 Å². The van der Waals surface area contributed by atoms with E-state index in [4.69, 9.17) is 4.74 Å². The molecule has 1 aromatic rings. The van der Waals surface area contributed by atoms with Crippen LogP contribution in [0.5, 0.6) is 5.75 Å². The lowest BCUT2D eigenvalue weighted by Crippen LogP contribution is -2.14. The van der Waals surface area contributed by atoms with Gasteiger partial charge in [0.2, 0.25) is 5.91 Å². The molecule has 1 atom stereocenters. The van der Waals surface area contributed by atoms with Gasteiger partial charge >= 0.3 is 0 Å². The molecule has 1 aliphatic heterocycles. The van der Waals surface area contributed by atoms with Gasteiger partial charge in [-0.3, -0.25) is 4.79 Å². The molecule has 0 aromatic heterocycles. The highest BCUT2D eigenvalue weighted by Gasteiger charge is 2.27. The van der Waals surface area contributed by atoms with Crippen molar-refractivity contribution in [2.24, 2.45) is 0 Å². The van der Waals surface area contributed by atoms with Gasteiger partial charge in [0.15, 0.2) is 0 Å². The molecule has 1 saturated heterocycles. The first-order valence-corrected chi connectivity index (χ1v) is 4.81. The van der Waals surface area contributed by atoms with Crippen LogP contribution in [0, 0.1) is 5.82 Å². The maximum Gasteiger partial charge on any atom is 0.220 e. The molecule has 3 nitrogen and oxygen atoms in total. The molecule has 0 bridgehead atoms. The third-order valence-corrected chi connectivity index (χ3v) is 2.62. The van der Waals surface area contributed by atoms with Gasteiger partial charge in [-0.1, -0.05) is 6.07 Å². The SMILES string of the molecule is COc1cccc(F)c1C1CNC(=O)C1. The number of ether oxygens (including phenoxy) is 1. The van der Waals surface area contributed by atoms with E-state index in [1.807, 2.05) is 0 Å². The lowest BCUT2D eigenvalue weighted by atomic mass is 9.96. The van der Waals surface area contributed by atoms with E-state index in [0.717, 1.165) is 0 Å². The Morgan fingerprint density at radius 2 is 2.33 bits per heavy atom. The summed E-state index contributed by atoms with van der Waals surface area (Å²) in [7, 11) is 1.50. The topological polar surface area (TPSA) is 38.3 Å². The number of halogens is 1. The number of benzene rings is 1. The van der Waals surface area contributed by atoms with Crippen LogP contribution in [0.1, 0.15) is 17.9 Å². The fourth-order valence-electron chi connectivity index (χ4n) is 1.90. The minimum atomic E-state index is -0.309. The molecule has 1 aliphatic rings. The van der Waals surface area contributed by atoms with Crippen molar-refractivity contribution in [3.05, 3.63) is 29.6 Å². The first-order chi connectivity index (χ1) is 7.22. The van der Waals surface area contributed by atoms with E-state index in [2.05, 4.69) is 5.32 Å². The summed E-state index contributed by atoms with van der Waals surface area (Å²) in [6, 6.07) is 4.70. The molecular weight excluding hydrogens is 197 g/mol. The number of rotatable bonds is 2. The highest BCUT2D eigenvalue weighted by molar-refractivity contribution is 5.79. The second-order valence-corrected chi connectivity index (χ2v) is 3.56. The highest BCUT2D eigenvalue weighted by atomic mass is 19.1. The molecule has 1 heterocycles. The molecule has 4 heteroatoms. The zero-order valence-electron chi connectivity index (χ0n) is 8.42. The van der Waals surface area contributed by atoms with Crippen LogP contribution in [0.25, 0.3) is 0 Å². The maximum atomic E-state index is 13.6. The number of hydrogen-bond donors (Lipinski definition) is 1. The fourth-order valence-corrected chi connectivity index (χ4v) is 1.90. The summed E-state index contributed by atoms with van der Waals surface area (Å²) in [6.07, 6.45) is 0.331. The average molecular weight is 209 g/mol. The minimum absolute atomic E-state index is 0.0368. The second kappa shape index (κ2) is 3.88. The van der Waals surface area contributed by atoms with Gasteiger partial charge in [-0.05, 0) is 12.1 Å². The zero-order chi connectivity index (χ0) is 10.8. The number of carbonyl (C=O) groups is 1. The first-order valence-electron chi connectivity index (χ1n) is 4.81. The van der Waals surface area contributed by atoms with Gasteiger partial charge < -0.3 is 10.1 Å². The van der Waals surface area contributed by atoms with Crippen LogP contribution in [-0.2, 0) is 4.79 Å². The summed E-state index contributed by atoms with van der Waals surface area (Å²) >= 11 is 0. The van der Waals surface area contributed by atoms with Crippen molar-refractivity contribution in [2.75, 3.05) is 13.7 Å². The third kappa shape index (κ3) is 1.79. The van der Waals surface area contributed by atoms with E-state index in [0.29, 0.717) is 24.3 Å². The number of amides is 1. The molecule has 0 saturated carbocycles. The van der Waals surface area contributed by atoms with Crippen molar-refractivity contribution in [3.8, 4) is 5.75 Å². The number of carbonyl (C=O) groups excluding carboxylic acids is 1. The van der Waals surface area contributed by atoms with E-state index in [-0.39, 0.29) is 17.6 Å². The molecule has 1 aromatic carbocycles. The van der Waals surface area contributed by atoms with Crippen molar-refractivity contribution >= 4 is 5.91 Å². The molecule has 1 amide bonds. The molecule has 0 aliphatic carbocycles. The Kier molecular flexibility index (Phi) is 2.58. The zero-order valence-corrected chi connectivity index (χ0v) is 8.42. The number of nitrogens with one attached hydrogen (secondary N) is 1. The van der Waals surface area contributed by atoms with Crippen molar-refractivity contribution in [1.82, 2.24) is 5.32 Å². The molecule has 80 valence electrons.